The Hall–Kier alpha value is -4.85. The van der Waals surface area contributed by atoms with Crippen molar-refractivity contribution in [1.82, 2.24) is 0 Å². The molecule has 0 fully saturated rings. The highest BCUT2D eigenvalue weighted by Gasteiger charge is 2.25. The summed E-state index contributed by atoms with van der Waals surface area (Å²) in [6, 6.07) is 16.1. The van der Waals surface area contributed by atoms with E-state index in [1.165, 1.54) is 30.3 Å². The lowest BCUT2D eigenvalue weighted by Crippen LogP contribution is -2.02. The largest absolute Gasteiger partial charge is 0.505 e. The SMILES string of the molecule is Cc1cc(/N=N/c2c(S(=O)(=O)O)cc3cc(S(=O)(=O)O)cc(N)c3c2O)ccc1/N=N/c1ccc2cc(S(=O)(=O)O)ccc2c1. The highest BCUT2D eigenvalue weighted by Crippen LogP contribution is 2.44. The van der Waals surface area contributed by atoms with Gasteiger partial charge in [0, 0.05) is 11.1 Å². The lowest BCUT2D eigenvalue weighted by atomic mass is 10.1. The van der Waals surface area contributed by atoms with Gasteiger partial charge in [-0.2, -0.15) is 40.6 Å². The van der Waals surface area contributed by atoms with Crippen molar-refractivity contribution in [1.29, 1.82) is 0 Å². The zero-order chi connectivity index (χ0) is 32.9. The van der Waals surface area contributed by atoms with E-state index in [9.17, 15) is 44.0 Å². The number of hydrogen-bond donors (Lipinski definition) is 5. The number of aryl methyl sites for hydroxylation is 1. The van der Waals surface area contributed by atoms with Crippen LogP contribution < -0.4 is 5.73 Å². The Kier molecular flexibility index (Phi) is 7.90. The minimum absolute atomic E-state index is 0.191. The van der Waals surface area contributed by atoms with Crippen molar-refractivity contribution in [3.05, 3.63) is 78.4 Å². The molecule has 0 aromatic heterocycles. The number of benzene rings is 5. The zero-order valence-corrected chi connectivity index (χ0v) is 25.2. The van der Waals surface area contributed by atoms with Crippen LogP contribution in [0.1, 0.15) is 5.56 Å². The summed E-state index contributed by atoms with van der Waals surface area (Å²) in [5, 5.41) is 27.9. The van der Waals surface area contributed by atoms with Gasteiger partial charge in [-0.15, -0.1) is 5.11 Å². The van der Waals surface area contributed by atoms with Crippen LogP contribution in [0.4, 0.5) is 28.4 Å². The van der Waals surface area contributed by atoms with Crippen LogP contribution in [-0.4, -0.2) is 44.0 Å². The standard InChI is InChI=1S/C27H21N5O10S3/c1-14-8-18(5-7-23(14)31-29-19-4-2-16-10-20(43(34,35)36)6-3-15(16)9-19)30-32-26-24(45(40,41)42)12-17-11-21(44(37,38)39)13-22(28)25(17)27(26)33/h2-13,33H,28H2,1H3,(H,34,35,36)(H,37,38,39)(H,40,41,42)/b31-29+,32-30+. The van der Waals surface area contributed by atoms with Crippen molar-refractivity contribution in [3.8, 4) is 5.75 Å². The molecule has 0 saturated carbocycles. The van der Waals surface area contributed by atoms with Crippen molar-refractivity contribution in [2.24, 2.45) is 20.5 Å². The number of phenolic OH excluding ortho intramolecular Hbond substituents is 1. The van der Waals surface area contributed by atoms with E-state index in [-0.39, 0.29) is 27.0 Å². The molecule has 0 aliphatic rings. The fourth-order valence-corrected chi connectivity index (χ4v) is 6.13. The third-order valence-electron chi connectivity index (χ3n) is 6.54. The number of nitrogen functional groups attached to an aromatic ring is 1. The van der Waals surface area contributed by atoms with Crippen LogP contribution >= 0.6 is 0 Å². The van der Waals surface area contributed by atoms with E-state index in [0.29, 0.717) is 27.7 Å². The molecule has 0 unspecified atom stereocenters. The fraction of sp³-hybridized carbons (Fsp3) is 0.0370. The Bertz CT molecular complexity index is 2450. The second-order valence-corrected chi connectivity index (χ2v) is 13.9. The van der Waals surface area contributed by atoms with E-state index in [4.69, 9.17) is 5.73 Å². The molecule has 0 spiro atoms. The molecule has 0 heterocycles. The number of azo groups is 2. The van der Waals surface area contributed by atoms with Gasteiger partial charge < -0.3 is 10.8 Å². The Morgan fingerprint density at radius 2 is 1.18 bits per heavy atom. The van der Waals surface area contributed by atoms with Gasteiger partial charge in [0.25, 0.3) is 30.4 Å². The highest BCUT2D eigenvalue weighted by atomic mass is 32.2. The van der Waals surface area contributed by atoms with Gasteiger partial charge in [0.05, 0.1) is 26.9 Å². The van der Waals surface area contributed by atoms with Gasteiger partial charge in [0.2, 0.25) is 0 Å². The number of anilines is 1. The van der Waals surface area contributed by atoms with Crippen LogP contribution in [0, 0.1) is 6.92 Å². The Morgan fingerprint density at radius 1 is 0.600 bits per heavy atom. The van der Waals surface area contributed by atoms with Gasteiger partial charge >= 0.3 is 0 Å². The summed E-state index contributed by atoms with van der Waals surface area (Å²) >= 11 is 0. The molecule has 45 heavy (non-hydrogen) atoms. The Morgan fingerprint density at radius 3 is 1.82 bits per heavy atom. The van der Waals surface area contributed by atoms with E-state index in [1.54, 1.807) is 31.2 Å². The summed E-state index contributed by atoms with van der Waals surface area (Å²) in [7, 11) is -14.1. The number of aromatic hydroxyl groups is 1. The van der Waals surface area contributed by atoms with Crippen molar-refractivity contribution >= 4 is 80.3 Å². The number of phenols is 1. The predicted molar refractivity (Wildman–Crippen MR) is 163 cm³/mol. The molecule has 0 aliphatic heterocycles. The maximum atomic E-state index is 12.1. The molecule has 5 aromatic carbocycles. The highest BCUT2D eigenvalue weighted by molar-refractivity contribution is 7.86. The van der Waals surface area contributed by atoms with E-state index in [0.717, 1.165) is 18.2 Å². The van der Waals surface area contributed by atoms with E-state index < -0.39 is 51.6 Å². The van der Waals surface area contributed by atoms with Crippen LogP contribution in [0.25, 0.3) is 21.5 Å². The number of nitrogens with zero attached hydrogens (tertiary/aromatic N) is 4. The molecule has 18 heteroatoms. The monoisotopic (exact) mass is 671 g/mol. The molecular weight excluding hydrogens is 651 g/mol. The smallest absolute Gasteiger partial charge is 0.296 e. The predicted octanol–water partition coefficient (Wildman–Crippen LogP) is 6.16. The van der Waals surface area contributed by atoms with Crippen molar-refractivity contribution in [3.63, 3.8) is 0 Å². The summed E-state index contributed by atoms with van der Waals surface area (Å²) in [6.07, 6.45) is 0. The molecular formula is C27H21N5O10S3. The molecule has 15 nitrogen and oxygen atoms in total. The van der Waals surface area contributed by atoms with E-state index in [2.05, 4.69) is 20.5 Å². The van der Waals surface area contributed by atoms with Gasteiger partial charge in [0.1, 0.15) is 10.6 Å². The minimum atomic E-state index is -5.02. The number of rotatable bonds is 7. The van der Waals surface area contributed by atoms with Crippen LogP contribution in [0.5, 0.6) is 5.75 Å². The maximum absolute atomic E-state index is 12.1. The van der Waals surface area contributed by atoms with Crippen LogP contribution in [0.2, 0.25) is 0 Å². The maximum Gasteiger partial charge on any atom is 0.296 e. The second-order valence-electron chi connectivity index (χ2n) is 9.67. The zero-order valence-electron chi connectivity index (χ0n) is 22.8. The summed E-state index contributed by atoms with van der Waals surface area (Å²) in [5.41, 5.74) is 6.55. The third-order valence-corrected chi connectivity index (χ3v) is 9.09. The van der Waals surface area contributed by atoms with Gasteiger partial charge in [-0.1, -0.05) is 12.1 Å². The summed E-state index contributed by atoms with van der Waals surface area (Å²) in [5.74, 6) is -0.810. The molecule has 6 N–H and O–H groups in total. The quantitative estimate of drug-likeness (QED) is 0.0743. The normalized spacial score (nSPS) is 13.0. The van der Waals surface area contributed by atoms with Crippen LogP contribution in [0.3, 0.4) is 0 Å². The average molecular weight is 672 g/mol. The summed E-state index contributed by atoms with van der Waals surface area (Å²) in [6.45, 7) is 1.69. The molecule has 0 amide bonds. The van der Waals surface area contributed by atoms with Gasteiger partial charge in [-0.25, -0.2) is 0 Å². The first-order chi connectivity index (χ1) is 20.9. The number of fused-ring (bicyclic) bond motifs is 2. The van der Waals surface area contributed by atoms with E-state index in [1.807, 2.05) is 0 Å². The second kappa shape index (κ2) is 11.3. The first kappa shape index (κ1) is 31.6. The van der Waals surface area contributed by atoms with Crippen molar-refractivity contribution in [2.45, 2.75) is 21.6 Å². The Labute approximate surface area is 255 Å². The lowest BCUT2D eigenvalue weighted by Gasteiger charge is -2.12. The molecule has 0 saturated heterocycles. The first-order valence-electron chi connectivity index (χ1n) is 12.4. The summed E-state index contributed by atoms with van der Waals surface area (Å²) < 4.78 is 98.5. The van der Waals surface area contributed by atoms with Crippen molar-refractivity contribution in [2.75, 3.05) is 5.73 Å². The van der Waals surface area contributed by atoms with Gasteiger partial charge in [0.15, 0.2) is 5.75 Å². The minimum Gasteiger partial charge on any atom is -0.505 e. The van der Waals surface area contributed by atoms with E-state index >= 15 is 0 Å². The van der Waals surface area contributed by atoms with Gasteiger partial charge in [-0.05, 0) is 89.3 Å². The third kappa shape index (κ3) is 6.65. The summed E-state index contributed by atoms with van der Waals surface area (Å²) in [4.78, 5) is -1.79. The molecule has 0 bridgehead atoms. The van der Waals surface area contributed by atoms with Crippen LogP contribution in [-0.2, 0) is 30.4 Å². The molecule has 5 aromatic rings. The number of nitrogens with two attached hydrogens (primary N) is 1. The average Bonchev–Trinajstić information content (AvgIpc) is 2.94. The molecule has 5 rings (SSSR count). The molecule has 232 valence electrons. The topological polar surface area (TPSA) is 259 Å². The fourth-order valence-electron chi connectivity index (χ4n) is 4.40. The molecule has 0 atom stereocenters. The van der Waals surface area contributed by atoms with Gasteiger partial charge in [-0.3, -0.25) is 13.7 Å². The first-order valence-corrected chi connectivity index (χ1v) is 16.7. The van der Waals surface area contributed by atoms with Crippen LogP contribution in [0.15, 0.2) is 108 Å². The molecule has 0 radical (unpaired) electrons. The number of hydrogen-bond acceptors (Lipinski definition) is 12. The van der Waals surface area contributed by atoms with Crippen molar-refractivity contribution < 1.29 is 44.0 Å². The molecule has 0 aliphatic carbocycles. The Balaban J connectivity index is 1.47. The lowest BCUT2D eigenvalue weighted by molar-refractivity contribution is 0.472.